The molecule has 1 amide bonds. The van der Waals surface area contributed by atoms with Crippen LogP contribution in [0.5, 0.6) is 0 Å². The van der Waals surface area contributed by atoms with Crippen LogP contribution >= 0.6 is 0 Å². The van der Waals surface area contributed by atoms with Gasteiger partial charge in [-0.3, -0.25) is 9.69 Å². The zero-order valence-electron chi connectivity index (χ0n) is 12.5. The number of hydrogen-bond donors (Lipinski definition) is 2. The van der Waals surface area contributed by atoms with Crippen LogP contribution in [0.2, 0.25) is 0 Å². The second-order valence-corrected chi connectivity index (χ2v) is 5.29. The van der Waals surface area contributed by atoms with Gasteiger partial charge in [0.15, 0.2) is 0 Å². The summed E-state index contributed by atoms with van der Waals surface area (Å²) in [5.41, 5.74) is 1.72. The quantitative estimate of drug-likeness (QED) is 0.809. The molecule has 1 atom stereocenters. The van der Waals surface area contributed by atoms with Crippen LogP contribution in [0.25, 0.3) is 0 Å². The van der Waals surface area contributed by atoms with Crippen molar-refractivity contribution in [1.82, 2.24) is 10.2 Å². The average Bonchev–Trinajstić information content (AvgIpc) is 2.53. The lowest BCUT2D eigenvalue weighted by molar-refractivity contribution is 0.0149. The molecule has 2 rings (SSSR count). The summed E-state index contributed by atoms with van der Waals surface area (Å²) in [4.78, 5) is 14.3. The van der Waals surface area contributed by atoms with Crippen LogP contribution in [-0.2, 0) is 11.2 Å². The van der Waals surface area contributed by atoms with Crippen LogP contribution < -0.4 is 5.32 Å². The molecule has 1 saturated heterocycles. The number of benzene rings is 1. The largest absolute Gasteiger partial charge is 0.390 e. The molecule has 116 valence electrons. The van der Waals surface area contributed by atoms with Crippen molar-refractivity contribution in [3.05, 3.63) is 35.4 Å². The van der Waals surface area contributed by atoms with E-state index >= 15 is 0 Å². The van der Waals surface area contributed by atoms with Gasteiger partial charge < -0.3 is 15.2 Å². The number of morpholine rings is 1. The first-order valence-electron chi connectivity index (χ1n) is 7.55. The molecule has 1 aliphatic heterocycles. The standard InChI is InChI=1S/C16H24N2O3/c1-2-13-5-3-4-6-15(13)16(20)17-11-14(19)12-18-7-9-21-10-8-18/h3-6,14,19H,2,7-12H2,1H3,(H,17,20). The number of ether oxygens (including phenoxy) is 1. The van der Waals surface area contributed by atoms with Gasteiger partial charge in [-0.05, 0) is 18.1 Å². The van der Waals surface area contributed by atoms with Crippen LogP contribution in [0.3, 0.4) is 0 Å². The van der Waals surface area contributed by atoms with Crippen LogP contribution in [-0.4, -0.2) is 61.4 Å². The van der Waals surface area contributed by atoms with E-state index in [9.17, 15) is 9.90 Å². The smallest absolute Gasteiger partial charge is 0.251 e. The van der Waals surface area contributed by atoms with Crippen LogP contribution in [0.1, 0.15) is 22.8 Å². The summed E-state index contributed by atoms with van der Waals surface area (Å²) < 4.78 is 5.27. The summed E-state index contributed by atoms with van der Waals surface area (Å²) in [5.74, 6) is -0.117. The van der Waals surface area contributed by atoms with Crippen molar-refractivity contribution in [2.75, 3.05) is 39.4 Å². The Morgan fingerprint density at radius 1 is 1.38 bits per heavy atom. The Labute approximate surface area is 125 Å². The SMILES string of the molecule is CCc1ccccc1C(=O)NCC(O)CN1CCOCC1. The fourth-order valence-electron chi connectivity index (χ4n) is 2.50. The van der Waals surface area contributed by atoms with Gasteiger partial charge in [0.1, 0.15) is 0 Å². The molecule has 1 fully saturated rings. The van der Waals surface area contributed by atoms with Gasteiger partial charge >= 0.3 is 0 Å². The van der Waals surface area contributed by atoms with Crippen molar-refractivity contribution in [1.29, 1.82) is 0 Å². The van der Waals surface area contributed by atoms with E-state index in [2.05, 4.69) is 10.2 Å². The van der Waals surface area contributed by atoms with Gasteiger partial charge in [-0.1, -0.05) is 25.1 Å². The maximum atomic E-state index is 12.2. The van der Waals surface area contributed by atoms with E-state index in [0.29, 0.717) is 25.3 Å². The van der Waals surface area contributed by atoms with E-state index in [0.717, 1.165) is 25.1 Å². The van der Waals surface area contributed by atoms with E-state index in [1.165, 1.54) is 0 Å². The van der Waals surface area contributed by atoms with Crippen molar-refractivity contribution in [2.24, 2.45) is 0 Å². The Morgan fingerprint density at radius 3 is 2.81 bits per heavy atom. The number of carbonyl (C=O) groups excluding carboxylic acids is 1. The molecule has 0 aliphatic carbocycles. The van der Waals surface area contributed by atoms with Gasteiger partial charge in [0.2, 0.25) is 0 Å². The molecule has 0 radical (unpaired) electrons. The van der Waals surface area contributed by atoms with Crippen molar-refractivity contribution < 1.29 is 14.6 Å². The summed E-state index contributed by atoms with van der Waals surface area (Å²) in [6.45, 7) is 5.96. The van der Waals surface area contributed by atoms with Crippen molar-refractivity contribution in [3.8, 4) is 0 Å². The second-order valence-electron chi connectivity index (χ2n) is 5.29. The van der Waals surface area contributed by atoms with E-state index in [-0.39, 0.29) is 12.5 Å². The minimum atomic E-state index is -0.555. The van der Waals surface area contributed by atoms with Gasteiger partial charge in [-0.2, -0.15) is 0 Å². The highest BCUT2D eigenvalue weighted by molar-refractivity contribution is 5.95. The Morgan fingerprint density at radius 2 is 2.10 bits per heavy atom. The number of β-amino-alcohol motifs (C(OH)–C–C–N with tert-alkyl or cyclic N) is 1. The molecule has 1 unspecified atom stereocenters. The number of aliphatic hydroxyl groups excluding tert-OH is 1. The second kappa shape index (κ2) is 8.12. The molecular formula is C16H24N2O3. The third-order valence-corrected chi connectivity index (χ3v) is 3.71. The van der Waals surface area contributed by atoms with Gasteiger partial charge in [0.25, 0.3) is 5.91 Å². The van der Waals surface area contributed by atoms with E-state index < -0.39 is 6.10 Å². The fraction of sp³-hybridized carbons (Fsp3) is 0.562. The Kier molecular flexibility index (Phi) is 6.17. The summed E-state index contributed by atoms with van der Waals surface area (Å²) in [7, 11) is 0. The first kappa shape index (κ1) is 15.9. The van der Waals surface area contributed by atoms with E-state index in [1.54, 1.807) is 0 Å². The molecule has 0 spiro atoms. The molecule has 21 heavy (non-hydrogen) atoms. The summed E-state index contributed by atoms with van der Waals surface area (Å²) in [6, 6.07) is 7.57. The average molecular weight is 292 g/mol. The van der Waals surface area contributed by atoms with E-state index in [1.807, 2.05) is 31.2 Å². The number of aryl methyl sites for hydroxylation is 1. The molecule has 1 aromatic carbocycles. The number of carbonyl (C=O) groups is 1. The predicted octanol–water partition coefficient (Wildman–Crippen LogP) is 0.672. The summed E-state index contributed by atoms with van der Waals surface area (Å²) in [6.07, 6.45) is 0.265. The van der Waals surface area contributed by atoms with Crippen LogP contribution in [0, 0.1) is 0 Å². The first-order valence-corrected chi connectivity index (χ1v) is 7.55. The monoisotopic (exact) mass is 292 g/mol. The maximum absolute atomic E-state index is 12.2. The summed E-state index contributed by atoms with van der Waals surface area (Å²) in [5, 5.41) is 12.8. The Hall–Kier alpha value is -1.43. The summed E-state index contributed by atoms with van der Waals surface area (Å²) >= 11 is 0. The minimum Gasteiger partial charge on any atom is -0.390 e. The highest BCUT2D eigenvalue weighted by Crippen LogP contribution is 2.09. The molecule has 1 aromatic rings. The van der Waals surface area contributed by atoms with Gasteiger partial charge in [0, 0.05) is 31.7 Å². The minimum absolute atomic E-state index is 0.117. The van der Waals surface area contributed by atoms with Gasteiger partial charge in [0.05, 0.1) is 19.3 Å². The normalized spacial score (nSPS) is 17.4. The highest BCUT2D eigenvalue weighted by Gasteiger charge is 2.16. The third-order valence-electron chi connectivity index (χ3n) is 3.71. The zero-order chi connectivity index (χ0) is 15.1. The topological polar surface area (TPSA) is 61.8 Å². The number of nitrogens with zero attached hydrogens (tertiary/aromatic N) is 1. The number of aliphatic hydroxyl groups is 1. The van der Waals surface area contributed by atoms with E-state index in [4.69, 9.17) is 4.74 Å². The van der Waals surface area contributed by atoms with Crippen LogP contribution in [0.15, 0.2) is 24.3 Å². The Bertz CT molecular complexity index is 459. The lowest BCUT2D eigenvalue weighted by Gasteiger charge is -2.28. The maximum Gasteiger partial charge on any atom is 0.251 e. The van der Waals surface area contributed by atoms with Gasteiger partial charge in [-0.15, -0.1) is 0 Å². The molecule has 5 heteroatoms. The number of nitrogens with one attached hydrogen (secondary N) is 1. The predicted molar refractivity (Wildman–Crippen MR) is 81.4 cm³/mol. The molecule has 5 nitrogen and oxygen atoms in total. The number of hydrogen-bond acceptors (Lipinski definition) is 4. The molecule has 2 N–H and O–H groups in total. The molecular weight excluding hydrogens is 268 g/mol. The van der Waals surface area contributed by atoms with Crippen molar-refractivity contribution in [3.63, 3.8) is 0 Å². The van der Waals surface area contributed by atoms with Gasteiger partial charge in [-0.25, -0.2) is 0 Å². The lowest BCUT2D eigenvalue weighted by Crippen LogP contribution is -2.44. The third kappa shape index (κ3) is 4.81. The molecule has 0 bridgehead atoms. The zero-order valence-corrected chi connectivity index (χ0v) is 12.5. The molecule has 1 heterocycles. The molecule has 0 saturated carbocycles. The number of rotatable bonds is 6. The molecule has 0 aromatic heterocycles. The van der Waals surface area contributed by atoms with Crippen molar-refractivity contribution in [2.45, 2.75) is 19.4 Å². The molecule has 1 aliphatic rings. The number of amides is 1. The lowest BCUT2D eigenvalue weighted by atomic mass is 10.0. The first-order chi connectivity index (χ1) is 10.2. The highest BCUT2D eigenvalue weighted by atomic mass is 16.5. The van der Waals surface area contributed by atoms with Crippen molar-refractivity contribution >= 4 is 5.91 Å². The Balaban J connectivity index is 1.80. The fourth-order valence-corrected chi connectivity index (χ4v) is 2.50. The van der Waals surface area contributed by atoms with Crippen LogP contribution in [0.4, 0.5) is 0 Å².